The Labute approximate surface area is 126 Å². The second kappa shape index (κ2) is 6.18. The zero-order valence-corrected chi connectivity index (χ0v) is 13.2. The van der Waals surface area contributed by atoms with Crippen molar-refractivity contribution < 1.29 is 4.79 Å². The quantitative estimate of drug-likeness (QED) is 0.845. The van der Waals surface area contributed by atoms with Crippen molar-refractivity contribution in [3.8, 4) is 0 Å². The zero-order chi connectivity index (χ0) is 14.8. The number of likely N-dealkylation sites (tertiary alicyclic amines) is 2. The summed E-state index contributed by atoms with van der Waals surface area (Å²) in [4.78, 5) is 16.6. The smallest absolute Gasteiger partial charge is 0.222 e. The van der Waals surface area contributed by atoms with Crippen molar-refractivity contribution in [3.63, 3.8) is 0 Å². The summed E-state index contributed by atoms with van der Waals surface area (Å²) < 4.78 is 1.92. The van der Waals surface area contributed by atoms with Crippen LogP contribution < -0.4 is 0 Å². The molecule has 2 aliphatic heterocycles. The number of nitrogens with zero attached hydrogens (tertiary/aromatic N) is 4. The van der Waals surface area contributed by atoms with Crippen LogP contribution in [0.3, 0.4) is 0 Å². The molecule has 3 heterocycles. The molecular formula is C16H26N4O. The molecule has 1 unspecified atom stereocenters. The molecule has 2 aliphatic rings. The molecule has 0 spiro atoms. The van der Waals surface area contributed by atoms with Gasteiger partial charge in [-0.3, -0.25) is 14.4 Å². The molecule has 1 atom stereocenters. The minimum atomic E-state index is 0.359. The van der Waals surface area contributed by atoms with Crippen molar-refractivity contribution in [2.75, 3.05) is 19.6 Å². The molecular weight excluding hydrogens is 264 g/mol. The molecule has 5 nitrogen and oxygen atoms in total. The van der Waals surface area contributed by atoms with Crippen molar-refractivity contribution in [1.29, 1.82) is 0 Å². The number of hydrogen-bond donors (Lipinski definition) is 0. The fourth-order valence-electron chi connectivity index (χ4n) is 3.74. The van der Waals surface area contributed by atoms with Gasteiger partial charge in [-0.1, -0.05) is 6.92 Å². The van der Waals surface area contributed by atoms with Crippen LogP contribution in [0.15, 0.2) is 6.20 Å². The zero-order valence-electron chi connectivity index (χ0n) is 13.2. The summed E-state index contributed by atoms with van der Waals surface area (Å²) in [6.45, 7) is 6.24. The Bertz CT molecular complexity index is 510. The summed E-state index contributed by atoms with van der Waals surface area (Å²) in [6, 6.07) is 0.426. The van der Waals surface area contributed by atoms with Crippen molar-refractivity contribution >= 4 is 5.91 Å². The third-order valence-corrected chi connectivity index (χ3v) is 4.75. The van der Waals surface area contributed by atoms with Crippen LogP contribution >= 0.6 is 0 Å². The Morgan fingerprint density at radius 1 is 1.33 bits per heavy atom. The molecule has 2 fully saturated rings. The van der Waals surface area contributed by atoms with Crippen LogP contribution in [0.5, 0.6) is 0 Å². The van der Waals surface area contributed by atoms with Gasteiger partial charge in [-0.15, -0.1) is 0 Å². The van der Waals surface area contributed by atoms with E-state index in [4.69, 9.17) is 0 Å². The Kier molecular flexibility index (Phi) is 4.29. The van der Waals surface area contributed by atoms with Crippen molar-refractivity contribution in [2.24, 2.45) is 7.05 Å². The predicted molar refractivity (Wildman–Crippen MR) is 81.8 cm³/mol. The van der Waals surface area contributed by atoms with Gasteiger partial charge in [0, 0.05) is 50.9 Å². The third-order valence-electron chi connectivity index (χ3n) is 4.75. The molecule has 1 aromatic heterocycles. The SMILES string of the molecule is CCc1nn(C)cc1CN1CCCC(N2CCCC2=O)C1. The predicted octanol–water partition coefficient (Wildman–Crippen LogP) is 1.57. The second-order valence-electron chi connectivity index (χ2n) is 6.35. The van der Waals surface area contributed by atoms with E-state index in [1.807, 2.05) is 11.7 Å². The van der Waals surface area contributed by atoms with Crippen molar-refractivity contribution in [1.82, 2.24) is 19.6 Å². The Morgan fingerprint density at radius 3 is 2.90 bits per heavy atom. The molecule has 0 N–H and O–H groups in total. The normalized spacial score (nSPS) is 24.0. The van der Waals surface area contributed by atoms with Gasteiger partial charge in [-0.25, -0.2) is 0 Å². The number of aryl methyl sites for hydroxylation is 2. The summed E-state index contributed by atoms with van der Waals surface area (Å²) in [7, 11) is 1.99. The fraction of sp³-hybridized carbons (Fsp3) is 0.750. The maximum atomic E-state index is 11.9. The van der Waals surface area contributed by atoms with E-state index in [0.717, 1.165) is 51.9 Å². The van der Waals surface area contributed by atoms with Crippen LogP contribution in [0.1, 0.15) is 43.9 Å². The van der Waals surface area contributed by atoms with E-state index in [1.165, 1.54) is 17.7 Å². The highest BCUT2D eigenvalue weighted by atomic mass is 16.2. The maximum absolute atomic E-state index is 11.9. The Balaban J connectivity index is 1.64. The molecule has 0 aromatic carbocycles. The van der Waals surface area contributed by atoms with Crippen LogP contribution in [0.25, 0.3) is 0 Å². The monoisotopic (exact) mass is 290 g/mol. The molecule has 0 radical (unpaired) electrons. The molecule has 1 amide bonds. The standard InChI is InChI=1S/C16H26N4O/c1-3-15-13(10-18(2)17-15)11-19-8-4-6-14(12-19)20-9-5-7-16(20)21/h10,14H,3-9,11-12H2,1-2H3. The molecule has 0 aliphatic carbocycles. The number of aromatic nitrogens is 2. The molecule has 116 valence electrons. The van der Waals surface area contributed by atoms with Gasteiger partial charge < -0.3 is 4.90 Å². The first-order chi connectivity index (χ1) is 10.2. The lowest BCUT2D eigenvalue weighted by Crippen LogP contribution is -2.48. The number of carbonyl (C=O) groups is 1. The molecule has 5 heteroatoms. The van der Waals surface area contributed by atoms with Crippen LogP contribution in [0.2, 0.25) is 0 Å². The summed E-state index contributed by atoms with van der Waals surface area (Å²) in [6.07, 6.45) is 7.27. The first-order valence-corrected chi connectivity index (χ1v) is 8.20. The molecule has 0 bridgehead atoms. The van der Waals surface area contributed by atoms with E-state index in [9.17, 15) is 4.79 Å². The van der Waals surface area contributed by atoms with E-state index in [1.54, 1.807) is 0 Å². The van der Waals surface area contributed by atoms with Crippen LogP contribution in [0, 0.1) is 0 Å². The Hall–Kier alpha value is -1.36. The van der Waals surface area contributed by atoms with Crippen molar-refractivity contribution in [2.45, 2.75) is 51.6 Å². The number of hydrogen-bond acceptors (Lipinski definition) is 3. The average Bonchev–Trinajstić information content (AvgIpc) is 3.05. The lowest BCUT2D eigenvalue weighted by atomic mass is 10.0. The minimum absolute atomic E-state index is 0.359. The summed E-state index contributed by atoms with van der Waals surface area (Å²) >= 11 is 0. The van der Waals surface area contributed by atoms with Gasteiger partial charge in [0.25, 0.3) is 0 Å². The third kappa shape index (κ3) is 3.12. The average molecular weight is 290 g/mol. The van der Waals surface area contributed by atoms with E-state index >= 15 is 0 Å². The van der Waals surface area contributed by atoms with Gasteiger partial charge in [-0.05, 0) is 32.2 Å². The van der Waals surface area contributed by atoms with Gasteiger partial charge in [0.15, 0.2) is 0 Å². The minimum Gasteiger partial charge on any atom is -0.338 e. The van der Waals surface area contributed by atoms with Crippen LogP contribution in [0.4, 0.5) is 0 Å². The molecule has 0 saturated carbocycles. The molecule has 1 aromatic rings. The molecule has 2 saturated heterocycles. The Morgan fingerprint density at radius 2 is 2.19 bits per heavy atom. The number of rotatable bonds is 4. The summed E-state index contributed by atoms with van der Waals surface area (Å²) in [5.74, 6) is 0.359. The highest BCUT2D eigenvalue weighted by Gasteiger charge is 2.31. The van der Waals surface area contributed by atoms with E-state index in [2.05, 4.69) is 28.0 Å². The van der Waals surface area contributed by atoms with Gasteiger partial charge in [0.1, 0.15) is 0 Å². The van der Waals surface area contributed by atoms with Crippen LogP contribution in [-0.2, 0) is 24.8 Å². The lowest BCUT2D eigenvalue weighted by molar-refractivity contribution is -0.130. The highest BCUT2D eigenvalue weighted by Crippen LogP contribution is 2.23. The second-order valence-corrected chi connectivity index (χ2v) is 6.35. The first-order valence-electron chi connectivity index (χ1n) is 8.20. The van der Waals surface area contributed by atoms with Crippen LogP contribution in [-0.4, -0.2) is 51.2 Å². The number of piperidine rings is 1. The van der Waals surface area contributed by atoms with Crippen molar-refractivity contribution in [3.05, 3.63) is 17.5 Å². The molecule has 3 rings (SSSR count). The fourth-order valence-corrected chi connectivity index (χ4v) is 3.74. The first kappa shape index (κ1) is 14.6. The van der Waals surface area contributed by atoms with E-state index < -0.39 is 0 Å². The molecule has 21 heavy (non-hydrogen) atoms. The topological polar surface area (TPSA) is 41.4 Å². The lowest BCUT2D eigenvalue weighted by Gasteiger charge is -2.37. The summed E-state index contributed by atoms with van der Waals surface area (Å²) in [5, 5.41) is 4.53. The van der Waals surface area contributed by atoms with Gasteiger partial charge >= 0.3 is 0 Å². The van der Waals surface area contributed by atoms with E-state index in [0.29, 0.717) is 11.9 Å². The highest BCUT2D eigenvalue weighted by molar-refractivity contribution is 5.78. The number of carbonyl (C=O) groups excluding carboxylic acids is 1. The summed E-state index contributed by atoms with van der Waals surface area (Å²) in [5.41, 5.74) is 2.55. The van der Waals surface area contributed by atoms with Gasteiger partial charge in [0.2, 0.25) is 5.91 Å². The van der Waals surface area contributed by atoms with E-state index in [-0.39, 0.29) is 0 Å². The largest absolute Gasteiger partial charge is 0.338 e. The maximum Gasteiger partial charge on any atom is 0.222 e. The number of amides is 1. The van der Waals surface area contributed by atoms with Gasteiger partial charge in [0.05, 0.1) is 5.69 Å². The van der Waals surface area contributed by atoms with Gasteiger partial charge in [-0.2, -0.15) is 5.10 Å².